The Hall–Kier alpha value is -2.53. The van der Waals surface area contributed by atoms with Gasteiger partial charge in [-0.1, -0.05) is 41.9 Å². The molecule has 0 aliphatic carbocycles. The van der Waals surface area contributed by atoms with Gasteiger partial charge >= 0.3 is 6.03 Å². The minimum absolute atomic E-state index is 0.0438. The minimum Gasteiger partial charge on any atom is -0.349 e. The number of para-hydroxylation sites is 1. The predicted octanol–water partition coefficient (Wildman–Crippen LogP) is 4.69. The van der Waals surface area contributed by atoms with E-state index in [4.69, 9.17) is 11.6 Å². The Morgan fingerprint density at radius 1 is 0.929 bits per heavy atom. The van der Waals surface area contributed by atoms with Gasteiger partial charge in [0.2, 0.25) is 0 Å². The smallest absolute Gasteiger partial charge is 0.322 e. The number of nitrogens with one attached hydrogen (secondary N) is 2. The molecule has 2 fully saturated rings. The molecule has 2 aliphatic rings. The van der Waals surface area contributed by atoms with Gasteiger partial charge in [-0.3, -0.25) is 4.79 Å². The molecule has 0 saturated carbocycles. The minimum atomic E-state index is -0.101. The summed E-state index contributed by atoms with van der Waals surface area (Å²) in [4.78, 5) is 27.4. The van der Waals surface area contributed by atoms with Crippen molar-refractivity contribution in [2.24, 2.45) is 0 Å². The maximum atomic E-state index is 13.0. The zero-order valence-corrected chi connectivity index (χ0v) is 16.4. The number of urea groups is 1. The molecule has 2 bridgehead atoms. The third kappa shape index (κ3) is 3.99. The molecular formula is C22H24ClN3O2. The fourth-order valence-corrected chi connectivity index (χ4v) is 4.61. The van der Waals surface area contributed by atoms with Gasteiger partial charge in [-0.05, 0) is 56.4 Å². The number of carbonyl (C=O) groups excluding carboxylic acids is 2. The summed E-state index contributed by atoms with van der Waals surface area (Å²) in [5, 5.41) is 6.65. The fraction of sp³-hybridized carbons (Fsp3) is 0.364. The molecule has 2 aromatic rings. The van der Waals surface area contributed by atoms with Crippen LogP contribution < -0.4 is 10.6 Å². The van der Waals surface area contributed by atoms with Crippen molar-refractivity contribution in [3.63, 3.8) is 0 Å². The SMILES string of the molecule is O=C(NC1CC2CCCC(C1)N2C(=O)Nc1ccccc1Cl)c1ccccc1. The fourth-order valence-electron chi connectivity index (χ4n) is 4.43. The van der Waals surface area contributed by atoms with Crippen LogP contribution in [0.3, 0.4) is 0 Å². The molecule has 146 valence electrons. The zero-order chi connectivity index (χ0) is 19.5. The van der Waals surface area contributed by atoms with Gasteiger partial charge in [-0.25, -0.2) is 4.79 Å². The molecular weight excluding hydrogens is 374 g/mol. The second-order valence-corrected chi connectivity index (χ2v) is 7.97. The molecule has 2 unspecified atom stereocenters. The van der Waals surface area contributed by atoms with E-state index >= 15 is 0 Å². The number of fused-ring (bicyclic) bond motifs is 2. The van der Waals surface area contributed by atoms with Crippen molar-refractivity contribution in [1.29, 1.82) is 0 Å². The number of benzene rings is 2. The standard InChI is InChI=1S/C22H24ClN3O2/c23-19-11-4-5-12-20(19)25-22(28)26-17-9-6-10-18(26)14-16(13-17)24-21(27)15-7-2-1-3-8-15/h1-5,7-8,11-12,16-18H,6,9-10,13-14H2,(H,24,27)(H,25,28). The summed E-state index contributed by atoms with van der Waals surface area (Å²) in [5.74, 6) is -0.0438. The first-order valence-electron chi connectivity index (χ1n) is 9.81. The largest absolute Gasteiger partial charge is 0.349 e. The molecule has 5 nitrogen and oxygen atoms in total. The van der Waals surface area contributed by atoms with Crippen molar-refractivity contribution < 1.29 is 9.59 Å². The number of piperidine rings is 2. The number of hydrogen-bond donors (Lipinski definition) is 2. The molecule has 2 aromatic carbocycles. The Bertz CT molecular complexity index is 844. The number of hydrogen-bond acceptors (Lipinski definition) is 2. The van der Waals surface area contributed by atoms with Crippen LogP contribution in [0.4, 0.5) is 10.5 Å². The van der Waals surface area contributed by atoms with Gasteiger partial charge < -0.3 is 15.5 Å². The Kier molecular flexibility index (Phi) is 5.53. The zero-order valence-electron chi connectivity index (χ0n) is 15.6. The number of carbonyl (C=O) groups is 2. The Labute approximate surface area is 170 Å². The van der Waals surface area contributed by atoms with Gasteiger partial charge in [0, 0.05) is 23.7 Å². The molecule has 6 heteroatoms. The van der Waals surface area contributed by atoms with E-state index in [9.17, 15) is 9.59 Å². The molecule has 2 aliphatic heterocycles. The molecule has 4 rings (SSSR count). The maximum Gasteiger partial charge on any atom is 0.322 e. The molecule has 2 N–H and O–H groups in total. The van der Waals surface area contributed by atoms with Crippen LogP contribution in [0.1, 0.15) is 42.5 Å². The summed E-state index contributed by atoms with van der Waals surface area (Å²) in [6, 6.07) is 16.8. The highest BCUT2D eigenvalue weighted by Crippen LogP contribution is 2.35. The van der Waals surface area contributed by atoms with Gasteiger partial charge in [0.1, 0.15) is 0 Å². The maximum absolute atomic E-state index is 13.0. The third-order valence-electron chi connectivity index (χ3n) is 5.70. The number of nitrogens with zero attached hydrogens (tertiary/aromatic N) is 1. The lowest BCUT2D eigenvalue weighted by atomic mass is 9.82. The molecule has 3 amide bonds. The summed E-state index contributed by atoms with van der Waals surface area (Å²) in [6.07, 6.45) is 4.61. The van der Waals surface area contributed by atoms with E-state index in [-0.39, 0.29) is 30.1 Å². The molecule has 2 heterocycles. The quantitative estimate of drug-likeness (QED) is 0.789. The molecule has 2 saturated heterocycles. The highest BCUT2D eigenvalue weighted by molar-refractivity contribution is 6.33. The van der Waals surface area contributed by atoms with Crippen LogP contribution in [0, 0.1) is 0 Å². The topological polar surface area (TPSA) is 61.4 Å². The van der Waals surface area contributed by atoms with Crippen molar-refractivity contribution in [3.8, 4) is 0 Å². The summed E-state index contributed by atoms with van der Waals surface area (Å²) < 4.78 is 0. The highest BCUT2D eigenvalue weighted by Gasteiger charge is 2.41. The molecule has 0 aromatic heterocycles. The second-order valence-electron chi connectivity index (χ2n) is 7.56. The highest BCUT2D eigenvalue weighted by atomic mass is 35.5. The van der Waals surface area contributed by atoms with Crippen LogP contribution >= 0.6 is 11.6 Å². The Balaban J connectivity index is 1.43. The van der Waals surface area contributed by atoms with Crippen LogP contribution in [0.15, 0.2) is 54.6 Å². The van der Waals surface area contributed by atoms with Crippen molar-refractivity contribution in [2.45, 2.75) is 50.2 Å². The van der Waals surface area contributed by atoms with Gasteiger partial charge in [0.15, 0.2) is 0 Å². The number of anilines is 1. The summed E-state index contributed by atoms with van der Waals surface area (Å²) >= 11 is 6.19. The van der Waals surface area contributed by atoms with Gasteiger partial charge in [-0.15, -0.1) is 0 Å². The summed E-state index contributed by atoms with van der Waals surface area (Å²) in [6.45, 7) is 0. The van der Waals surface area contributed by atoms with E-state index in [1.54, 1.807) is 6.07 Å². The van der Waals surface area contributed by atoms with E-state index in [1.165, 1.54) is 0 Å². The van der Waals surface area contributed by atoms with E-state index in [2.05, 4.69) is 10.6 Å². The molecule has 0 radical (unpaired) electrons. The first-order chi connectivity index (χ1) is 13.6. The van der Waals surface area contributed by atoms with Crippen LogP contribution in [-0.4, -0.2) is 35.0 Å². The van der Waals surface area contributed by atoms with Gasteiger partial charge in [-0.2, -0.15) is 0 Å². The van der Waals surface area contributed by atoms with Crippen molar-refractivity contribution in [2.75, 3.05) is 5.32 Å². The number of amides is 3. The van der Waals surface area contributed by atoms with E-state index in [1.807, 2.05) is 53.4 Å². The van der Waals surface area contributed by atoms with E-state index in [0.717, 1.165) is 32.1 Å². The average Bonchev–Trinajstić information content (AvgIpc) is 2.69. The first kappa shape index (κ1) is 18.8. The molecule has 2 atom stereocenters. The first-order valence-corrected chi connectivity index (χ1v) is 10.2. The van der Waals surface area contributed by atoms with Crippen molar-refractivity contribution in [3.05, 3.63) is 65.2 Å². The second kappa shape index (κ2) is 8.23. The normalized spacial score (nSPS) is 23.8. The lowest BCUT2D eigenvalue weighted by Crippen LogP contribution is -2.59. The van der Waals surface area contributed by atoms with E-state index < -0.39 is 0 Å². The predicted molar refractivity (Wildman–Crippen MR) is 111 cm³/mol. The van der Waals surface area contributed by atoms with Gasteiger partial charge in [0.25, 0.3) is 5.91 Å². The van der Waals surface area contributed by atoms with E-state index in [0.29, 0.717) is 16.3 Å². The number of halogens is 1. The monoisotopic (exact) mass is 397 g/mol. The number of rotatable bonds is 3. The lowest BCUT2D eigenvalue weighted by Gasteiger charge is -2.48. The van der Waals surface area contributed by atoms with Gasteiger partial charge in [0.05, 0.1) is 10.7 Å². The van der Waals surface area contributed by atoms with Crippen LogP contribution in [-0.2, 0) is 0 Å². The summed E-state index contributed by atoms with van der Waals surface area (Å²) in [7, 11) is 0. The molecule has 0 spiro atoms. The summed E-state index contributed by atoms with van der Waals surface area (Å²) in [5.41, 5.74) is 1.30. The van der Waals surface area contributed by atoms with Crippen LogP contribution in [0.25, 0.3) is 0 Å². The average molecular weight is 398 g/mol. The van der Waals surface area contributed by atoms with Crippen LogP contribution in [0.5, 0.6) is 0 Å². The lowest BCUT2D eigenvalue weighted by molar-refractivity contribution is 0.0577. The van der Waals surface area contributed by atoms with Crippen molar-refractivity contribution >= 4 is 29.2 Å². The Morgan fingerprint density at radius 3 is 2.25 bits per heavy atom. The Morgan fingerprint density at radius 2 is 1.57 bits per heavy atom. The molecule has 28 heavy (non-hydrogen) atoms. The van der Waals surface area contributed by atoms with Crippen molar-refractivity contribution in [1.82, 2.24) is 10.2 Å². The third-order valence-corrected chi connectivity index (χ3v) is 6.03. The van der Waals surface area contributed by atoms with Crippen LogP contribution in [0.2, 0.25) is 5.02 Å².